The van der Waals surface area contributed by atoms with Gasteiger partial charge in [0.15, 0.2) is 0 Å². The molecule has 2 heterocycles. The third-order valence-corrected chi connectivity index (χ3v) is 3.87. The molecule has 1 atom stereocenters. The quantitative estimate of drug-likeness (QED) is 0.670. The van der Waals surface area contributed by atoms with Gasteiger partial charge in [-0.2, -0.15) is 5.10 Å². The zero-order valence-electron chi connectivity index (χ0n) is 11.2. The van der Waals surface area contributed by atoms with E-state index in [1.54, 1.807) is 4.68 Å². The third kappa shape index (κ3) is 2.47. The summed E-state index contributed by atoms with van der Waals surface area (Å²) >= 11 is 9.78. The molecule has 0 saturated carbocycles. The van der Waals surface area contributed by atoms with Gasteiger partial charge in [0.2, 0.25) is 0 Å². The average molecular weight is 354 g/mol. The van der Waals surface area contributed by atoms with Crippen LogP contribution in [0.2, 0.25) is 0 Å². The van der Waals surface area contributed by atoms with Crippen molar-refractivity contribution >= 4 is 38.6 Å². The molecule has 4 nitrogen and oxygen atoms in total. The summed E-state index contributed by atoms with van der Waals surface area (Å²) in [6.45, 7) is 2.60. The number of fused-ring (bicyclic) bond motifs is 1. The maximum Gasteiger partial charge on any atom is 0.128 e. The number of aromatic nitrogens is 4. The van der Waals surface area contributed by atoms with Gasteiger partial charge in [-0.05, 0) is 31.2 Å². The SMILES string of the molecule is CC(Cl)c1nc2ccc(Br)cc2n1Cc1ccn(C)n1. The maximum absolute atomic E-state index is 6.27. The molecule has 20 heavy (non-hydrogen) atoms. The van der Waals surface area contributed by atoms with Crippen LogP contribution >= 0.6 is 27.5 Å². The standard InChI is InChI=1S/C14H14BrClN4/c1-9(16)14-17-12-4-3-10(15)7-13(12)20(14)8-11-5-6-19(2)18-11/h3-7,9H,8H2,1-2H3. The highest BCUT2D eigenvalue weighted by molar-refractivity contribution is 9.10. The minimum Gasteiger partial charge on any atom is -0.321 e. The Morgan fingerprint density at radius 1 is 1.35 bits per heavy atom. The predicted octanol–water partition coefficient (Wildman–Crippen LogP) is 3.88. The van der Waals surface area contributed by atoms with Crippen LogP contribution in [-0.2, 0) is 13.6 Å². The molecule has 0 N–H and O–H groups in total. The summed E-state index contributed by atoms with van der Waals surface area (Å²) in [6.07, 6.45) is 1.94. The first-order valence-corrected chi connectivity index (χ1v) is 7.56. The van der Waals surface area contributed by atoms with E-state index in [1.807, 2.05) is 38.4 Å². The van der Waals surface area contributed by atoms with Gasteiger partial charge in [-0.1, -0.05) is 15.9 Å². The third-order valence-electron chi connectivity index (χ3n) is 3.18. The summed E-state index contributed by atoms with van der Waals surface area (Å²) in [7, 11) is 1.91. The summed E-state index contributed by atoms with van der Waals surface area (Å²) in [5.41, 5.74) is 3.00. The van der Waals surface area contributed by atoms with Crippen LogP contribution in [0.5, 0.6) is 0 Å². The van der Waals surface area contributed by atoms with Crippen molar-refractivity contribution in [3.63, 3.8) is 0 Å². The molecule has 104 valence electrons. The first-order valence-electron chi connectivity index (χ1n) is 6.33. The highest BCUT2D eigenvalue weighted by Crippen LogP contribution is 2.27. The van der Waals surface area contributed by atoms with E-state index in [0.717, 1.165) is 27.0 Å². The van der Waals surface area contributed by atoms with Crippen molar-refractivity contribution < 1.29 is 0 Å². The van der Waals surface area contributed by atoms with Crippen molar-refractivity contribution in [1.82, 2.24) is 19.3 Å². The van der Waals surface area contributed by atoms with E-state index in [9.17, 15) is 0 Å². The van der Waals surface area contributed by atoms with Crippen LogP contribution in [0.1, 0.15) is 23.8 Å². The minimum atomic E-state index is -0.148. The van der Waals surface area contributed by atoms with Crippen LogP contribution < -0.4 is 0 Å². The zero-order chi connectivity index (χ0) is 14.3. The number of rotatable bonds is 3. The first kappa shape index (κ1) is 13.6. The van der Waals surface area contributed by atoms with Crippen LogP contribution in [0, 0.1) is 0 Å². The normalized spacial score (nSPS) is 13.0. The molecule has 1 aromatic carbocycles. The fourth-order valence-electron chi connectivity index (χ4n) is 2.29. The van der Waals surface area contributed by atoms with Crippen molar-refractivity contribution in [3.05, 3.63) is 46.5 Å². The van der Waals surface area contributed by atoms with Crippen molar-refractivity contribution in [1.29, 1.82) is 0 Å². The fourth-order valence-corrected chi connectivity index (χ4v) is 2.81. The van der Waals surface area contributed by atoms with Gasteiger partial charge in [-0.25, -0.2) is 4.98 Å². The highest BCUT2D eigenvalue weighted by Gasteiger charge is 2.16. The van der Waals surface area contributed by atoms with Crippen molar-refractivity contribution in [2.75, 3.05) is 0 Å². The highest BCUT2D eigenvalue weighted by atomic mass is 79.9. The van der Waals surface area contributed by atoms with E-state index >= 15 is 0 Å². The predicted molar refractivity (Wildman–Crippen MR) is 84.0 cm³/mol. The molecule has 0 saturated heterocycles. The number of hydrogen-bond donors (Lipinski definition) is 0. The second-order valence-electron chi connectivity index (χ2n) is 4.79. The van der Waals surface area contributed by atoms with Crippen LogP contribution in [0.25, 0.3) is 11.0 Å². The molecule has 0 aliphatic carbocycles. The number of alkyl halides is 1. The molecule has 1 unspecified atom stereocenters. The first-order chi connectivity index (χ1) is 9.54. The molecule has 0 spiro atoms. The van der Waals surface area contributed by atoms with E-state index in [2.05, 4.69) is 36.6 Å². The summed E-state index contributed by atoms with van der Waals surface area (Å²) < 4.78 is 4.95. The Hall–Kier alpha value is -1.33. The van der Waals surface area contributed by atoms with Gasteiger partial charge in [0, 0.05) is 17.7 Å². The number of imidazole rings is 1. The van der Waals surface area contributed by atoms with Gasteiger partial charge >= 0.3 is 0 Å². The van der Waals surface area contributed by atoms with E-state index in [4.69, 9.17) is 11.6 Å². The minimum absolute atomic E-state index is 0.148. The van der Waals surface area contributed by atoms with Crippen molar-refractivity contribution in [2.24, 2.45) is 7.05 Å². The van der Waals surface area contributed by atoms with Gasteiger partial charge in [0.25, 0.3) is 0 Å². The fraction of sp³-hybridized carbons (Fsp3) is 0.286. The number of hydrogen-bond acceptors (Lipinski definition) is 2. The lowest BCUT2D eigenvalue weighted by molar-refractivity contribution is 0.689. The largest absolute Gasteiger partial charge is 0.321 e. The molecule has 0 fully saturated rings. The molecule has 0 bridgehead atoms. The molecule has 0 radical (unpaired) electrons. The van der Waals surface area contributed by atoms with Crippen LogP contribution in [0.3, 0.4) is 0 Å². The Bertz CT molecular complexity index is 760. The number of benzene rings is 1. The molecule has 3 rings (SSSR count). The Morgan fingerprint density at radius 2 is 2.15 bits per heavy atom. The Kier molecular flexibility index (Phi) is 3.56. The zero-order valence-corrected chi connectivity index (χ0v) is 13.6. The number of nitrogens with zero attached hydrogens (tertiary/aromatic N) is 4. The lowest BCUT2D eigenvalue weighted by atomic mass is 10.3. The monoisotopic (exact) mass is 352 g/mol. The lowest BCUT2D eigenvalue weighted by Gasteiger charge is -2.09. The van der Waals surface area contributed by atoms with Crippen LogP contribution in [-0.4, -0.2) is 19.3 Å². The smallest absolute Gasteiger partial charge is 0.128 e. The van der Waals surface area contributed by atoms with Crippen LogP contribution in [0.15, 0.2) is 34.9 Å². The molecule has 2 aromatic heterocycles. The maximum atomic E-state index is 6.27. The van der Waals surface area contributed by atoms with E-state index in [0.29, 0.717) is 6.54 Å². The van der Waals surface area contributed by atoms with Crippen molar-refractivity contribution in [2.45, 2.75) is 18.8 Å². The van der Waals surface area contributed by atoms with E-state index in [1.165, 1.54) is 0 Å². The lowest BCUT2D eigenvalue weighted by Crippen LogP contribution is -2.06. The molecular formula is C14H14BrClN4. The van der Waals surface area contributed by atoms with E-state index in [-0.39, 0.29) is 5.38 Å². The Morgan fingerprint density at radius 3 is 2.80 bits per heavy atom. The second kappa shape index (κ2) is 5.22. The molecule has 0 aliphatic heterocycles. The second-order valence-corrected chi connectivity index (χ2v) is 6.36. The molecule has 0 amide bonds. The number of aryl methyl sites for hydroxylation is 1. The molecule has 0 aliphatic rings. The van der Waals surface area contributed by atoms with Crippen molar-refractivity contribution in [3.8, 4) is 0 Å². The summed E-state index contributed by atoms with van der Waals surface area (Å²) in [5, 5.41) is 4.28. The van der Waals surface area contributed by atoms with E-state index < -0.39 is 0 Å². The summed E-state index contributed by atoms with van der Waals surface area (Å²) in [6, 6.07) is 8.06. The van der Waals surface area contributed by atoms with Gasteiger partial charge in [-0.3, -0.25) is 4.68 Å². The summed E-state index contributed by atoms with van der Waals surface area (Å²) in [5.74, 6) is 0.866. The number of halogens is 2. The molecule has 6 heteroatoms. The average Bonchev–Trinajstić information content (AvgIpc) is 2.95. The van der Waals surface area contributed by atoms with Crippen LogP contribution in [0.4, 0.5) is 0 Å². The van der Waals surface area contributed by atoms with Gasteiger partial charge in [-0.15, -0.1) is 11.6 Å². The molecular weight excluding hydrogens is 340 g/mol. The van der Waals surface area contributed by atoms with Gasteiger partial charge in [0.1, 0.15) is 5.82 Å². The summed E-state index contributed by atoms with van der Waals surface area (Å²) in [4.78, 5) is 4.63. The van der Waals surface area contributed by atoms with Gasteiger partial charge < -0.3 is 4.57 Å². The Labute approximate surface area is 130 Å². The van der Waals surface area contributed by atoms with Gasteiger partial charge in [0.05, 0.1) is 28.6 Å². The topological polar surface area (TPSA) is 35.6 Å². The Balaban J connectivity index is 2.15. The molecule has 3 aromatic rings.